The number of nitrogens with one attached hydrogen (secondary N) is 1. The molecule has 0 aliphatic carbocycles. The number of nitro benzene ring substituents is 1. The average Bonchev–Trinajstić information content (AvgIpc) is 3.40. The number of phenols is 1. The van der Waals surface area contributed by atoms with Gasteiger partial charge in [0.1, 0.15) is 0 Å². The Bertz CT molecular complexity index is 1170. The molecule has 31 heavy (non-hydrogen) atoms. The van der Waals surface area contributed by atoms with Crippen LogP contribution in [0.2, 0.25) is 0 Å². The van der Waals surface area contributed by atoms with Crippen LogP contribution in [0.5, 0.6) is 11.5 Å². The number of carbonyl (C=O) groups excluding carboxylic acids is 1. The SMILES string of the molecule is CCOc1cc(C2=NC(=O)NC(c3ccn(C)n3)C2c2ccsc2)cc([N+](=O)[O-])c1O. The number of hydrogen-bond acceptors (Lipinski definition) is 7. The van der Waals surface area contributed by atoms with Gasteiger partial charge in [-0.2, -0.15) is 21.4 Å². The lowest BCUT2D eigenvalue weighted by Gasteiger charge is -2.31. The first kappa shape index (κ1) is 20.5. The molecule has 1 aromatic carbocycles. The highest BCUT2D eigenvalue weighted by atomic mass is 32.1. The summed E-state index contributed by atoms with van der Waals surface area (Å²) in [4.78, 5) is 27.5. The summed E-state index contributed by atoms with van der Waals surface area (Å²) in [6.45, 7) is 1.90. The second kappa shape index (κ2) is 8.19. The molecule has 2 aromatic heterocycles. The monoisotopic (exact) mass is 441 g/mol. The summed E-state index contributed by atoms with van der Waals surface area (Å²) in [5.41, 5.74) is 1.65. The summed E-state index contributed by atoms with van der Waals surface area (Å²) in [5, 5.41) is 32.9. The summed E-state index contributed by atoms with van der Waals surface area (Å²) < 4.78 is 7.04. The molecule has 4 rings (SSSR count). The van der Waals surface area contributed by atoms with Gasteiger partial charge >= 0.3 is 11.7 Å². The van der Waals surface area contributed by atoms with E-state index in [2.05, 4.69) is 15.4 Å². The number of benzene rings is 1. The minimum atomic E-state index is -0.694. The maximum atomic E-state index is 12.5. The van der Waals surface area contributed by atoms with E-state index in [1.54, 1.807) is 30.9 Å². The minimum absolute atomic E-state index is 0.0427. The molecule has 0 radical (unpaired) electrons. The average molecular weight is 441 g/mol. The van der Waals surface area contributed by atoms with Crippen LogP contribution in [-0.2, 0) is 7.05 Å². The van der Waals surface area contributed by atoms with Crippen molar-refractivity contribution in [3.05, 3.63) is 68.2 Å². The molecule has 3 aromatic rings. The smallest absolute Gasteiger partial charge is 0.341 e. The second-order valence-electron chi connectivity index (χ2n) is 6.91. The molecule has 2 N–H and O–H groups in total. The number of thiophene rings is 1. The van der Waals surface area contributed by atoms with E-state index in [1.807, 2.05) is 16.8 Å². The summed E-state index contributed by atoms with van der Waals surface area (Å²) >= 11 is 1.49. The van der Waals surface area contributed by atoms with Crippen LogP contribution in [-0.4, -0.2) is 38.2 Å². The van der Waals surface area contributed by atoms with E-state index in [4.69, 9.17) is 4.74 Å². The lowest BCUT2D eigenvalue weighted by atomic mass is 9.82. The molecular formula is C20H19N5O5S. The van der Waals surface area contributed by atoms with Crippen LogP contribution >= 0.6 is 11.3 Å². The van der Waals surface area contributed by atoms with Gasteiger partial charge in [-0.25, -0.2) is 4.79 Å². The zero-order valence-corrected chi connectivity index (χ0v) is 17.5. The molecule has 0 bridgehead atoms. The number of carbonyl (C=O) groups is 1. The number of amides is 2. The van der Waals surface area contributed by atoms with E-state index in [1.165, 1.54) is 23.5 Å². The Morgan fingerprint density at radius 2 is 2.19 bits per heavy atom. The Hall–Kier alpha value is -3.73. The highest BCUT2D eigenvalue weighted by molar-refractivity contribution is 7.08. The first-order valence-corrected chi connectivity index (χ1v) is 10.4. The van der Waals surface area contributed by atoms with Crippen LogP contribution in [0.15, 0.2) is 46.2 Å². The standard InChI is InChI=1S/C20H19N5O5S/c1-3-30-15-9-12(8-14(19(15)26)25(28)29)17-16(11-5-7-31-10-11)18(22-20(27)21-17)13-4-6-24(2)23-13/h4-10,16,18,26H,3H2,1-2H3,(H,22,27). The molecule has 2 unspecified atom stereocenters. The predicted molar refractivity (Wildman–Crippen MR) is 114 cm³/mol. The van der Waals surface area contributed by atoms with Gasteiger partial charge in [0.05, 0.1) is 34.9 Å². The van der Waals surface area contributed by atoms with Gasteiger partial charge in [-0.1, -0.05) is 0 Å². The third kappa shape index (κ3) is 3.87. The number of aryl methyl sites for hydroxylation is 1. The molecule has 160 valence electrons. The third-order valence-corrected chi connectivity index (χ3v) is 5.63. The lowest BCUT2D eigenvalue weighted by Crippen LogP contribution is -2.40. The fourth-order valence-electron chi connectivity index (χ4n) is 3.62. The Kier molecular flexibility index (Phi) is 5.42. The van der Waals surface area contributed by atoms with Crippen molar-refractivity contribution in [1.29, 1.82) is 0 Å². The fourth-order valence-corrected chi connectivity index (χ4v) is 4.32. The Labute approximate surface area is 181 Å². The van der Waals surface area contributed by atoms with Crippen molar-refractivity contribution in [2.24, 2.45) is 12.0 Å². The maximum Gasteiger partial charge on any atom is 0.341 e. The summed E-state index contributed by atoms with van der Waals surface area (Å²) in [6, 6.07) is 5.29. The van der Waals surface area contributed by atoms with Gasteiger partial charge in [-0.15, -0.1) is 0 Å². The van der Waals surface area contributed by atoms with Crippen molar-refractivity contribution in [2.45, 2.75) is 18.9 Å². The summed E-state index contributed by atoms with van der Waals surface area (Å²) in [6.07, 6.45) is 1.77. The first-order valence-electron chi connectivity index (χ1n) is 9.44. The number of aromatic nitrogens is 2. The highest BCUT2D eigenvalue weighted by Crippen LogP contribution is 2.42. The van der Waals surface area contributed by atoms with Crippen LogP contribution < -0.4 is 10.1 Å². The van der Waals surface area contributed by atoms with Gasteiger partial charge in [-0.3, -0.25) is 14.8 Å². The van der Waals surface area contributed by atoms with Crippen molar-refractivity contribution in [1.82, 2.24) is 15.1 Å². The van der Waals surface area contributed by atoms with Gasteiger partial charge in [0.15, 0.2) is 5.75 Å². The van der Waals surface area contributed by atoms with Crippen molar-refractivity contribution in [2.75, 3.05) is 6.61 Å². The van der Waals surface area contributed by atoms with Gasteiger partial charge in [-0.05, 0) is 41.4 Å². The maximum absolute atomic E-state index is 12.5. The summed E-state index contributed by atoms with van der Waals surface area (Å²) in [7, 11) is 1.78. The van der Waals surface area contributed by atoms with Crippen LogP contribution in [0.25, 0.3) is 0 Å². The van der Waals surface area contributed by atoms with Gasteiger partial charge in [0.25, 0.3) is 0 Å². The molecular weight excluding hydrogens is 422 g/mol. The molecule has 2 atom stereocenters. The second-order valence-corrected chi connectivity index (χ2v) is 7.69. The van der Waals surface area contributed by atoms with Crippen LogP contribution in [0.3, 0.4) is 0 Å². The van der Waals surface area contributed by atoms with E-state index in [9.17, 15) is 20.0 Å². The first-order chi connectivity index (χ1) is 14.9. The van der Waals surface area contributed by atoms with Crippen LogP contribution in [0.4, 0.5) is 10.5 Å². The number of ether oxygens (including phenoxy) is 1. The third-order valence-electron chi connectivity index (χ3n) is 4.93. The Morgan fingerprint density at radius 1 is 1.39 bits per heavy atom. The predicted octanol–water partition coefficient (Wildman–Crippen LogP) is 3.53. The van der Waals surface area contributed by atoms with Gasteiger partial charge < -0.3 is 15.2 Å². The van der Waals surface area contributed by atoms with E-state index in [0.29, 0.717) is 17.0 Å². The quantitative estimate of drug-likeness (QED) is 0.444. The zero-order chi connectivity index (χ0) is 22.1. The molecule has 0 fully saturated rings. The number of aromatic hydroxyl groups is 1. The van der Waals surface area contributed by atoms with Crippen molar-refractivity contribution in [3.63, 3.8) is 0 Å². The molecule has 0 saturated heterocycles. The van der Waals surface area contributed by atoms with Crippen LogP contribution in [0.1, 0.15) is 35.7 Å². The van der Waals surface area contributed by atoms with Crippen molar-refractivity contribution >= 4 is 28.8 Å². The van der Waals surface area contributed by atoms with E-state index in [-0.39, 0.29) is 12.4 Å². The van der Waals surface area contributed by atoms with Crippen molar-refractivity contribution in [3.8, 4) is 11.5 Å². The molecule has 0 spiro atoms. The number of urea groups is 1. The van der Waals surface area contributed by atoms with Crippen LogP contribution in [0, 0.1) is 10.1 Å². The Morgan fingerprint density at radius 3 is 2.81 bits per heavy atom. The fraction of sp³-hybridized carbons (Fsp3) is 0.250. The molecule has 10 nitrogen and oxygen atoms in total. The number of nitro groups is 1. The largest absolute Gasteiger partial charge is 0.500 e. The number of hydrogen-bond donors (Lipinski definition) is 2. The molecule has 1 aliphatic rings. The Balaban J connectivity index is 1.91. The summed E-state index contributed by atoms with van der Waals surface area (Å²) in [5.74, 6) is -1.05. The minimum Gasteiger partial charge on any atom is -0.500 e. The molecule has 1 aliphatic heterocycles. The molecule has 3 heterocycles. The number of phenolic OH excluding ortho intramolecular Hbond substituents is 1. The number of aliphatic imine (C=N–C) groups is 1. The van der Waals surface area contributed by atoms with E-state index >= 15 is 0 Å². The van der Waals surface area contributed by atoms with E-state index < -0.39 is 34.4 Å². The normalized spacial score (nSPS) is 18.4. The zero-order valence-electron chi connectivity index (χ0n) is 16.7. The number of nitrogens with zero attached hydrogens (tertiary/aromatic N) is 4. The highest BCUT2D eigenvalue weighted by Gasteiger charge is 2.38. The topological polar surface area (TPSA) is 132 Å². The van der Waals surface area contributed by atoms with Gasteiger partial charge in [0, 0.05) is 24.9 Å². The number of rotatable bonds is 6. The van der Waals surface area contributed by atoms with Crippen molar-refractivity contribution < 1.29 is 19.6 Å². The molecule has 2 amide bonds. The molecule has 11 heteroatoms. The van der Waals surface area contributed by atoms with Gasteiger partial charge in [0.2, 0.25) is 5.75 Å². The lowest BCUT2D eigenvalue weighted by molar-refractivity contribution is -0.386. The molecule has 0 saturated carbocycles. The van der Waals surface area contributed by atoms with E-state index in [0.717, 1.165) is 5.56 Å².